The van der Waals surface area contributed by atoms with E-state index in [4.69, 9.17) is 10.7 Å². The van der Waals surface area contributed by atoms with Crippen LogP contribution < -0.4 is 5.73 Å². The lowest BCUT2D eigenvalue weighted by atomic mass is 10.2. The fourth-order valence-corrected chi connectivity index (χ4v) is 2.87. The van der Waals surface area contributed by atoms with E-state index in [9.17, 15) is 0 Å². The van der Waals surface area contributed by atoms with Crippen LogP contribution in [0.1, 0.15) is 13.3 Å². The Bertz CT molecular complexity index is 743. The van der Waals surface area contributed by atoms with E-state index in [1.165, 1.54) is 0 Å². The van der Waals surface area contributed by atoms with Crippen LogP contribution in [0.25, 0.3) is 22.6 Å². The lowest BCUT2D eigenvalue weighted by Gasteiger charge is -2.08. The molecule has 20 heavy (non-hydrogen) atoms. The summed E-state index contributed by atoms with van der Waals surface area (Å²) < 4.78 is 3.10. The molecule has 0 saturated carbocycles. The van der Waals surface area contributed by atoms with Crippen molar-refractivity contribution in [1.29, 1.82) is 0 Å². The highest BCUT2D eigenvalue weighted by Gasteiger charge is 2.13. The third kappa shape index (κ3) is 2.29. The summed E-state index contributed by atoms with van der Waals surface area (Å²) >= 11 is 3.48. The first-order valence-corrected chi connectivity index (χ1v) is 7.36. The van der Waals surface area contributed by atoms with E-state index >= 15 is 0 Å². The van der Waals surface area contributed by atoms with Crippen LogP contribution in [0.2, 0.25) is 0 Å². The number of pyridine rings is 1. The molecule has 0 unspecified atom stereocenters. The van der Waals surface area contributed by atoms with Gasteiger partial charge in [0.05, 0.1) is 0 Å². The van der Waals surface area contributed by atoms with Crippen molar-refractivity contribution >= 4 is 32.8 Å². The number of nitrogens with zero attached hydrogens (tertiary/aromatic N) is 3. The minimum absolute atomic E-state index is 0.720. The quantitative estimate of drug-likeness (QED) is 0.742. The Balaban J connectivity index is 2.26. The third-order valence-electron chi connectivity index (χ3n) is 3.13. The van der Waals surface area contributed by atoms with Crippen molar-refractivity contribution in [3.05, 3.63) is 41.0 Å². The fraction of sp³-hybridized carbons (Fsp3) is 0.200. The van der Waals surface area contributed by atoms with Gasteiger partial charge in [0.25, 0.3) is 0 Å². The number of benzene rings is 1. The van der Waals surface area contributed by atoms with Gasteiger partial charge in [0.15, 0.2) is 5.65 Å². The molecule has 1 aromatic carbocycles. The Morgan fingerprint density at radius 2 is 2.15 bits per heavy atom. The maximum atomic E-state index is 5.93. The summed E-state index contributed by atoms with van der Waals surface area (Å²) in [6.07, 6.45) is 2.83. The van der Waals surface area contributed by atoms with E-state index in [1.807, 2.05) is 30.3 Å². The van der Waals surface area contributed by atoms with Gasteiger partial charge in [0.2, 0.25) is 0 Å². The minimum Gasteiger partial charge on any atom is -0.399 e. The second-order valence-electron chi connectivity index (χ2n) is 4.71. The van der Waals surface area contributed by atoms with Crippen molar-refractivity contribution in [2.75, 3.05) is 5.73 Å². The van der Waals surface area contributed by atoms with Crippen LogP contribution in [0.4, 0.5) is 5.69 Å². The van der Waals surface area contributed by atoms with E-state index in [-0.39, 0.29) is 0 Å². The predicted molar refractivity (Wildman–Crippen MR) is 85.4 cm³/mol. The van der Waals surface area contributed by atoms with Crippen LogP contribution in [0.5, 0.6) is 0 Å². The normalized spacial score (nSPS) is 11.1. The molecule has 2 aromatic heterocycles. The van der Waals surface area contributed by atoms with Crippen LogP contribution in [0.3, 0.4) is 0 Å². The molecule has 0 atom stereocenters. The summed E-state index contributed by atoms with van der Waals surface area (Å²) in [5.41, 5.74) is 9.49. The van der Waals surface area contributed by atoms with Gasteiger partial charge in [-0.3, -0.25) is 0 Å². The van der Waals surface area contributed by atoms with E-state index in [0.29, 0.717) is 0 Å². The highest BCUT2D eigenvalue weighted by Crippen LogP contribution is 2.28. The van der Waals surface area contributed by atoms with Crippen molar-refractivity contribution in [2.24, 2.45) is 0 Å². The van der Waals surface area contributed by atoms with Gasteiger partial charge >= 0.3 is 0 Å². The van der Waals surface area contributed by atoms with Crippen molar-refractivity contribution in [3.63, 3.8) is 0 Å². The van der Waals surface area contributed by atoms with Crippen molar-refractivity contribution in [1.82, 2.24) is 14.5 Å². The van der Waals surface area contributed by atoms with Crippen LogP contribution in [0, 0.1) is 0 Å². The number of imidazole rings is 1. The van der Waals surface area contributed by atoms with Gasteiger partial charge in [-0.05, 0) is 36.8 Å². The largest absolute Gasteiger partial charge is 0.399 e. The molecule has 0 aliphatic rings. The second-order valence-corrected chi connectivity index (χ2v) is 5.62. The van der Waals surface area contributed by atoms with Crippen LogP contribution in [-0.2, 0) is 6.54 Å². The number of rotatable bonds is 3. The van der Waals surface area contributed by atoms with Gasteiger partial charge in [0, 0.05) is 28.5 Å². The Morgan fingerprint density at radius 1 is 1.30 bits per heavy atom. The van der Waals surface area contributed by atoms with Gasteiger partial charge in [-0.2, -0.15) is 0 Å². The molecule has 3 rings (SSSR count). The first kappa shape index (κ1) is 13.1. The molecule has 0 aliphatic heterocycles. The topological polar surface area (TPSA) is 56.7 Å². The molecule has 0 bridgehead atoms. The molecule has 0 fully saturated rings. The number of nitrogens with two attached hydrogens (primary N) is 1. The smallest absolute Gasteiger partial charge is 0.160 e. The number of halogens is 1. The Hall–Kier alpha value is -1.88. The Kier molecular flexibility index (Phi) is 3.44. The van der Waals surface area contributed by atoms with Gasteiger partial charge in [-0.1, -0.05) is 22.9 Å². The highest BCUT2D eigenvalue weighted by molar-refractivity contribution is 9.10. The number of hydrogen-bond acceptors (Lipinski definition) is 3. The molecule has 3 aromatic rings. The minimum atomic E-state index is 0.720. The van der Waals surface area contributed by atoms with Crippen LogP contribution >= 0.6 is 15.9 Å². The molecular formula is C15H15BrN4. The zero-order valence-corrected chi connectivity index (χ0v) is 12.8. The second kappa shape index (κ2) is 5.25. The number of nitrogen functional groups attached to an aromatic ring is 1. The first-order chi connectivity index (χ1) is 9.69. The van der Waals surface area contributed by atoms with Crippen LogP contribution in [0.15, 0.2) is 41.0 Å². The highest BCUT2D eigenvalue weighted by atomic mass is 79.9. The molecule has 0 amide bonds. The maximum absolute atomic E-state index is 5.93. The molecule has 2 heterocycles. The number of aryl methyl sites for hydroxylation is 1. The van der Waals surface area contributed by atoms with E-state index < -0.39 is 0 Å². The van der Waals surface area contributed by atoms with Crippen molar-refractivity contribution in [2.45, 2.75) is 19.9 Å². The lowest BCUT2D eigenvalue weighted by molar-refractivity contribution is 0.698. The standard InChI is InChI=1S/C15H15BrN4/c1-2-6-20-14(10-7-11(16)9-12(17)8-10)19-13-4-3-5-18-15(13)20/h3-5,7-9H,2,6,17H2,1H3. The van der Waals surface area contributed by atoms with E-state index in [2.05, 4.69) is 32.4 Å². The third-order valence-corrected chi connectivity index (χ3v) is 3.59. The zero-order valence-electron chi connectivity index (χ0n) is 11.2. The Labute approximate surface area is 125 Å². The Morgan fingerprint density at radius 3 is 2.90 bits per heavy atom. The van der Waals surface area contributed by atoms with Crippen molar-refractivity contribution in [3.8, 4) is 11.4 Å². The number of hydrogen-bond donors (Lipinski definition) is 1. The van der Waals surface area contributed by atoms with Gasteiger partial charge in [-0.25, -0.2) is 9.97 Å². The summed E-state index contributed by atoms with van der Waals surface area (Å²) in [6, 6.07) is 9.75. The summed E-state index contributed by atoms with van der Waals surface area (Å²) in [5.74, 6) is 0.911. The van der Waals surface area contributed by atoms with Crippen LogP contribution in [-0.4, -0.2) is 14.5 Å². The SMILES string of the molecule is CCCn1c(-c2cc(N)cc(Br)c2)nc2cccnc21. The number of anilines is 1. The summed E-state index contributed by atoms with van der Waals surface area (Å²) in [7, 11) is 0. The summed E-state index contributed by atoms with van der Waals surface area (Å²) in [4.78, 5) is 9.16. The van der Waals surface area contributed by atoms with E-state index in [1.54, 1.807) is 6.20 Å². The molecule has 102 valence electrons. The number of aromatic nitrogens is 3. The maximum Gasteiger partial charge on any atom is 0.160 e. The van der Waals surface area contributed by atoms with E-state index in [0.717, 1.165) is 45.7 Å². The van der Waals surface area contributed by atoms with Gasteiger partial charge in [0.1, 0.15) is 11.3 Å². The number of fused-ring (bicyclic) bond motifs is 1. The predicted octanol–water partition coefficient (Wildman–Crippen LogP) is 3.85. The lowest BCUT2D eigenvalue weighted by Crippen LogP contribution is -2.01. The molecule has 0 radical (unpaired) electrons. The first-order valence-electron chi connectivity index (χ1n) is 6.56. The average molecular weight is 331 g/mol. The molecule has 0 aliphatic carbocycles. The van der Waals surface area contributed by atoms with Crippen molar-refractivity contribution < 1.29 is 0 Å². The molecule has 4 nitrogen and oxygen atoms in total. The molecular weight excluding hydrogens is 316 g/mol. The summed E-state index contributed by atoms with van der Waals surface area (Å²) in [5, 5.41) is 0. The molecule has 5 heteroatoms. The molecule has 0 spiro atoms. The molecule has 2 N–H and O–H groups in total. The monoisotopic (exact) mass is 330 g/mol. The fourth-order valence-electron chi connectivity index (χ4n) is 2.36. The molecule has 0 saturated heterocycles. The zero-order chi connectivity index (χ0) is 14.1. The summed E-state index contributed by atoms with van der Waals surface area (Å²) in [6.45, 7) is 3.03. The van der Waals surface area contributed by atoms with Gasteiger partial charge < -0.3 is 10.3 Å². The average Bonchev–Trinajstić information content (AvgIpc) is 2.77. The van der Waals surface area contributed by atoms with Gasteiger partial charge in [-0.15, -0.1) is 0 Å².